The molecule has 0 radical (unpaired) electrons. The van der Waals surface area contributed by atoms with Crippen LogP contribution in [0.15, 0.2) is 24.3 Å². The molecule has 0 aliphatic heterocycles. The largest absolute Gasteiger partial charge is 0.479 e. The fourth-order valence-corrected chi connectivity index (χ4v) is 1.68. The Hall–Kier alpha value is -1.13. The number of benzene rings is 1. The van der Waals surface area contributed by atoms with Gasteiger partial charge in [-0.2, -0.15) is 0 Å². The first-order valence-electron chi connectivity index (χ1n) is 4.77. The highest BCUT2D eigenvalue weighted by Crippen LogP contribution is 2.32. The topological polar surface area (TPSA) is 57.5 Å². The number of hydrogen-bond acceptors (Lipinski definition) is 2. The van der Waals surface area contributed by atoms with Crippen LogP contribution in [0.5, 0.6) is 0 Å². The van der Waals surface area contributed by atoms with Crippen molar-refractivity contribution >= 4 is 17.6 Å². The molecule has 0 saturated heterocycles. The lowest BCUT2D eigenvalue weighted by atomic mass is 9.86. The third-order valence-electron chi connectivity index (χ3n) is 2.50. The number of aliphatic hydroxyl groups is 1. The molecular formula is C11H12ClFO3. The molecule has 0 saturated carbocycles. The van der Waals surface area contributed by atoms with Crippen molar-refractivity contribution in [2.24, 2.45) is 0 Å². The number of rotatable bonds is 4. The fourth-order valence-electron chi connectivity index (χ4n) is 1.49. The van der Waals surface area contributed by atoms with Gasteiger partial charge < -0.3 is 10.2 Å². The van der Waals surface area contributed by atoms with Crippen LogP contribution in [0.4, 0.5) is 4.39 Å². The molecule has 5 heteroatoms. The standard InChI is InChI=1S/C11H12ClFO3/c1-2-11(16,9(13)10(14)15)7-4-3-5-8(12)6-7/h3-6,9,16H,2H2,1H3,(H,14,15). The average molecular weight is 247 g/mol. The van der Waals surface area contributed by atoms with Crippen molar-refractivity contribution in [2.75, 3.05) is 0 Å². The monoisotopic (exact) mass is 246 g/mol. The number of aliphatic carboxylic acids is 1. The van der Waals surface area contributed by atoms with Gasteiger partial charge in [0.1, 0.15) is 5.60 Å². The zero-order valence-electron chi connectivity index (χ0n) is 8.65. The summed E-state index contributed by atoms with van der Waals surface area (Å²) in [5.41, 5.74) is -1.88. The minimum Gasteiger partial charge on any atom is -0.479 e. The average Bonchev–Trinajstić information content (AvgIpc) is 2.26. The maximum Gasteiger partial charge on any atom is 0.341 e. The number of carbonyl (C=O) groups is 1. The highest BCUT2D eigenvalue weighted by atomic mass is 35.5. The summed E-state index contributed by atoms with van der Waals surface area (Å²) in [7, 11) is 0. The molecule has 1 aromatic rings. The van der Waals surface area contributed by atoms with Gasteiger partial charge in [-0.3, -0.25) is 0 Å². The lowest BCUT2D eigenvalue weighted by Gasteiger charge is -2.28. The maximum atomic E-state index is 13.5. The third kappa shape index (κ3) is 2.33. The molecule has 0 heterocycles. The Kier molecular flexibility index (Phi) is 3.88. The van der Waals surface area contributed by atoms with Crippen molar-refractivity contribution in [3.8, 4) is 0 Å². The van der Waals surface area contributed by atoms with Gasteiger partial charge in [0, 0.05) is 5.02 Å². The summed E-state index contributed by atoms with van der Waals surface area (Å²) in [5.74, 6) is -1.69. The van der Waals surface area contributed by atoms with Crippen LogP contribution < -0.4 is 0 Å². The van der Waals surface area contributed by atoms with Crippen molar-refractivity contribution in [2.45, 2.75) is 25.1 Å². The van der Waals surface area contributed by atoms with Gasteiger partial charge in [0.2, 0.25) is 6.17 Å². The van der Waals surface area contributed by atoms with Crippen LogP contribution in [0.3, 0.4) is 0 Å². The Morgan fingerprint density at radius 2 is 2.25 bits per heavy atom. The first kappa shape index (κ1) is 12.9. The van der Waals surface area contributed by atoms with Crippen LogP contribution in [-0.2, 0) is 10.4 Å². The second-order valence-electron chi connectivity index (χ2n) is 3.49. The van der Waals surface area contributed by atoms with E-state index in [0.29, 0.717) is 5.02 Å². The Labute approximate surface area is 97.5 Å². The summed E-state index contributed by atoms with van der Waals surface area (Å²) < 4.78 is 13.5. The summed E-state index contributed by atoms with van der Waals surface area (Å²) >= 11 is 5.71. The van der Waals surface area contributed by atoms with Crippen LogP contribution in [0.1, 0.15) is 18.9 Å². The molecule has 3 nitrogen and oxygen atoms in total. The number of carboxylic acid groups (broad SMARTS) is 1. The van der Waals surface area contributed by atoms with E-state index < -0.39 is 17.7 Å². The van der Waals surface area contributed by atoms with E-state index in [1.54, 1.807) is 6.07 Å². The zero-order chi connectivity index (χ0) is 12.3. The van der Waals surface area contributed by atoms with Crippen LogP contribution in [0, 0.1) is 0 Å². The molecule has 88 valence electrons. The van der Waals surface area contributed by atoms with Crippen molar-refractivity contribution in [1.29, 1.82) is 0 Å². The third-order valence-corrected chi connectivity index (χ3v) is 2.73. The Bertz CT molecular complexity index is 397. The molecule has 16 heavy (non-hydrogen) atoms. The summed E-state index contributed by atoms with van der Waals surface area (Å²) in [6, 6.07) is 5.91. The van der Waals surface area contributed by atoms with Crippen molar-refractivity contribution in [1.82, 2.24) is 0 Å². The number of carboxylic acids is 1. The molecule has 0 amide bonds. The molecule has 0 fully saturated rings. The molecular weight excluding hydrogens is 235 g/mol. The second kappa shape index (κ2) is 4.80. The van der Waals surface area contributed by atoms with E-state index in [1.807, 2.05) is 0 Å². The van der Waals surface area contributed by atoms with Gasteiger partial charge in [-0.25, -0.2) is 9.18 Å². The molecule has 0 aliphatic carbocycles. The van der Waals surface area contributed by atoms with Crippen LogP contribution in [-0.4, -0.2) is 22.4 Å². The number of halogens is 2. The van der Waals surface area contributed by atoms with Crippen molar-refractivity contribution < 1.29 is 19.4 Å². The Morgan fingerprint density at radius 1 is 1.62 bits per heavy atom. The Balaban J connectivity index is 3.19. The molecule has 0 spiro atoms. The predicted octanol–water partition coefficient (Wildman–Crippen LogP) is 2.36. The fraction of sp³-hybridized carbons (Fsp3) is 0.364. The lowest BCUT2D eigenvalue weighted by Crippen LogP contribution is -2.41. The van der Waals surface area contributed by atoms with Gasteiger partial charge in [0.25, 0.3) is 0 Å². The van der Waals surface area contributed by atoms with Crippen LogP contribution >= 0.6 is 11.6 Å². The van der Waals surface area contributed by atoms with Gasteiger partial charge in [-0.1, -0.05) is 30.7 Å². The molecule has 1 rings (SSSR count). The van der Waals surface area contributed by atoms with Gasteiger partial charge in [0.05, 0.1) is 0 Å². The summed E-state index contributed by atoms with van der Waals surface area (Å²) in [5, 5.41) is 19.0. The van der Waals surface area contributed by atoms with E-state index in [4.69, 9.17) is 16.7 Å². The minimum absolute atomic E-state index is 0.0548. The van der Waals surface area contributed by atoms with Crippen molar-refractivity contribution in [3.63, 3.8) is 0 Å². The molecule has 0 aliphatic rings. The van der Waals surface area contributed by atoms with Gasteiger partial charge in [-0.05, 0) is 24.1 Å². The van der Waals surface area contributed by atoms with E-state index in [1.165, 1.54) is 25.1 Å². The Morgan fingerprint density at radius 3 is 2.69 bits per heavy atom. The molecule has 0 aromatic heterocycles. The summed E-state index contributed by atoms with van der Waals surface area (Å²) in [6.45, 7) is 1.51. The van der Waals surface area contributed by atoms with Crippen LogP contribution in [0.2, 0.25) is 5.02 Å². The number of hydrogen-bond donors (Lipinski definition) is 2. The first-order chi connectivity index (χ1) is 7.41. The quantitative estimate of drug-likeness (QED) is 0.858. The van der Waals surface area contributed by atoms with E-state index in [0.717, 1.165) is 0 Å². The zero-order valence-corrected chi connectivity index (χ0v) is 9.41. The highest BCUT2D eigenvalue weighted by molar-refractivity contribution is 6.30. The molecule has 2 atom stereocenters. The molecule has 2 unspecified atom stereocenters. The van der Waals surface area contributed by atoms with Crippen molar-refractivity contribution in [3.05, 3.63) is 34.9 Å². The highest BCUT2D eigenvalue weighted by Gasteiger charge is 2.42. The first-order valence-corrected chi connectivity index (χ1v) is 5.15. The summed E-state index contributed by atoms with van der Waals surface area (Å²) in [6.07, 6.45) is -2.43. The van der Waals surface area contributed by atoms with E-state index >= 15 is 0 Å². The lowest BCUT2D eigenvalue weighted by molar-refractivity contribution is -0.155. The van der Waals surface area contributed by atoms with E-state index in [9.17, 15) is 14.3 Å². The van der Waals surface area contributed by atoms with Crippen LogP contribution in [0.25, 0.3) is 0 Å². The van der Waals surface area contributed by atoms with E-state index in [-0.39, 0.29) is 12.0 Å². The molecule has 0 bridgehead atoms. The maximum absolute atomic E-state index is 13.5. The number of alkyl halides is 1. The normalized spacial score (nSPS) is 16.5. The molecule has 2 N–H and O–H groups in total. The van der Waals surface area contributed by atoms with Gasteiger partial charge >= 0.3 is 5.97 Å². The molecule has 1 aromatic carbocycles. The van der Waals surface area contributed by atoms with Gasteiger partial charge in [0.15, 0.2) is 0 Å². The smallest absolute Gasteiger partial charge is 0.341 e. The minimum atomic E-state index is -2.38. The van der Waals surface area contributed by atoms with Gasteiger partial charge in [-0.15, -0.1) is 0 Å². The summed E-state index contributed by atoms with van der Waals surface area (Å²) in [4.78, 5) is 10.6. The SMILES string of the molecule is CCC(O)(c1cccc(Cl)c1)C(F)C(=O)O. The second-order valence-corrected chi connectivity index (χ2v) is 3.93. The van der Waals surface area contributed by atoms with E-state index in [2.05, 4.69) is 0 Å². The predicted molar refractivity (Wildman–Crippen MR) is 58.2 cm³/mol.